The fraction of sp³-hybridized carbons (Fsp3) is 0.300. The number of nitrogens with one attached hydrogen (secondary N) is 1. The molecule has 0 unspecified atom stereocenters. The van der Waals surface area contributed by atoms with Crippen molar-refractivity contribution in [2.24, 2.45) is 0 Å². The zero-order valence-electron chi connectivity index (χ0n) is 15.0. The summed E-state index contributed by atoms with van der Waals surface area (Å²) in [4.78, 5) is 23.9. The molecule has 0 aliphatic rings. The van der Waals surface area contributed by atoms with E-state index < -0.39 is 12.1 Å². The Morgan fingerprint density at radius 3 is 2.23 bits per heavy atom. The molecule has 0 spiro atoms. The minimum Gasteiger partial charge on any atom is -0.481 e. The van der Waals surface area contributed by atoms with E-state index in [1.54, 1.807) is 50.2 Å². The van der Waals surface area contributed by atoms with Crippen molar-refractivity contribution in [3.05, 3.63) is 65.5 Å². The predicted octanol–water partition coefficient (Wildman–Crippen LogP) is 3.65. The van der Waals surface area contributed by atoms with Gasteiger partial charge in [-0.15, -0.1) is 0 Å². The lowest BCUT2D eigenvalue weighted by Gasteiger charge is -2.19. The number of carbonyl (C=O) groups excluding carboxylic acids is 2. The molecule has 0 heterocycles. The van der Waals surface area contributed by atoms with Gasteiger partial charge in [0.25, 0.3) is 5.91 Å². The molecule has 0 saturated carbocycles. The summed E-state index contributed by atoms with van der Waals surface area (Å²) in [6.45, 7) is 5.49. The fourth-order valence-corrected chi connectivity index (χ4v) is 2.31. The Hall–Kier alpha value is -2.89. The van der Waals surface area contributed by atoms with Crippen LogP contribution >= 0.6 is 0 Å². The Morgan fingerprint density at radius 1 is 1.04 bits per heavy atom. The van der Waals surface area contributed by atoms with Crippen molar-refractivity contribution in [3.63, 3.8) is 0 Å². The Kier molecular flexibility index (Phi) is 6.72. The van der Waals surface area contributed by atoms with E-state index in [-0.39, 0.29) is 17.8 Å². The summed E-state index contributed by atoms with van der Waals surface area (Å²) in [6, 6.07) is 12.1. The molecular weight excluding hydrogens is 337 g/mol. The minimum atomic E-state index is -0.730. The molecule has 0 fully saturated rings. The van der Waals surface area contributed by atoms with Gasteiger partial charge in [0.2, 0.25) is 0 Å². The monoisotopic (exact) mass is 359 g/mol. The maximum absolute atomic E-state index is 13.0. The van der Waals surface area contributed by atoms with Crippen molar-refractivity contribution >= 4 is 11.9 Å². The molecule has 0 aliphatic heterocycles. The number of benzene rings is 2. The molecule has 0 bridgehead atoms. The molecule has 0 radical (unpaired) electrons. The van der Waals surface area contributed by atoms with Crippen LogP contribution in [0.5, 0.6) is 5.75 Å². The zero-order chi connectivity index (χ0) is 19.1. The molecule has 2 aromatic rings. The molecule has 1 amide bonds. The summed E-state index contributed by atoms with van der Waals surface area (Å²) < 4.78 is 23.5. The first-order valence-corrected chi connectivity index (χ1v) is 8.40. The van der Waals surface area contributed by atoms with E-state index in [2.05, 4.69) is 5.32 Å². The van der Waals surface area contributed by atoms with Gasteiger partial charge < -0.3 is 14.8 Å². The summed E-state index contributed by atoms with van der Waals surface area (Å²) in [6.07, 6.45) is -0.730. The van der Waals surface area contributed by atoms with Crippen molar-refractivity contribution in [1.29, 1.82) is 0 Å². The van der Waals surface area contributed by atoms with Gasteiger partial charge in [0.1, 0.15) is 11.6 Å². The van der Waals surface area contributed by atoms with Crippen LogP contribution in [0, 0.1) is 5.82 Å². The van der Waals surface area contributed by atoms with Gasteiger partial charge in [-0.2, -0.15) is 0 Å². The number of halogens is 1. The molecule has 2 atom stereocenters. The van der Waals surface area contributed by atoms with Crippen LogP contribution in [0.3, 0.4) is 0 Å². The highest BCUT2D eigenvalue weighted by atomic mass is 19.1. The van der Waals surface area contributed by atoms with Gasteiger partial charge in [-0.25, -0.2) is 9.18 Å². The molecule has 26 heavy (non-hydrogen) atoms. The van der Waals surface area contributed by atoms with Crippen molar-refractivity contribution in [2.75, 3.05) is 6.61 Å². The van der Waals surface area contributed by atoms with Crippen LogP contribution in [0.25, 0.3) is 0 Å². The van der Waals surface area contributed by atoms with E-state index in [1.807, 2.05) is 6.92 Å². The largest absolute Gasteiger partial charge is 0.481 e. The first-order chi connectivity index (χ1) is 12.4. The number of rotatable bonds is 7. The highest BCUT2D eigenvalue weighted by molar-refractivity contribution is 5.89. The third-order valence-corrected chi connectivity index (χ3v) is 3.78. The summed E-state index contributed by atoms with van der Waals surface area (Å²) in [5.74, 6) is -0.556. The molecule has 2 rings (SSSR count). The third-order valence-electron chi connectivity index (χ3n) is 3.78. The minimum absolute atomic E-state index is 0.277. The van der Waals surface area contributed by atoms with E-state index in [0.717, 1.165) is 5.56 Å². The number of esters is 1. The fourth-order valence-electron chi connectivity index (χ4n) is 2.31. The lowest BCUT2D eigenvalue weighted by atomic mass is 10.1. The van der Waals surface area contributed by atoms with Crippen LogP contribution < -0.4 is 10.1 Å². The Labute approximate surface area is 152 Å². The quantitative estimate of drug-likeness (QED) is 0.767. The highest BCUT2D eigenvalue weighted by Crippen LogP contribution is 2.16. The Morgan fingerprint density at radius 2 is 1.65 bits per heavy atom. The maximum Gasteiger partial charge on any atom is 0.338 e. The average Bonchev–Trinajstić information content (AvgIpc) is 2.63. The van der Waals surface area contributed by atoms with Gasteiger partial charge in [0.15, 0.2) is 6.10 Å². The normalized spacial score (nSPS) is 12.8. The van der Waals surface area contributed by atoms with Gasteiger partial charge in [0, 0.05) is 0 Å². The Balaban J connectivity index is 1.92. The molecule has 0 saturated heterocycles. The van der Waals surface area contributed by atoms with Crippen LogP contribution in [-0.4, -0.2) is 24.6 Å². The zero-order valence-corrected chi connectivity index (χ0v) is 15.0. The van der Waals surface area contributed by atoms with Gasteiger partial charge in [0.05, 0.1) is 18.2 Å². The summed E-state index contributed by atoms with van der Waals surface area (Å²) in [5.41, 5.74) is 1.21. The van der Waals surface area contributed by atoms with Crippen molar-refractivity contribution in [2.45, 2.75) is 32.9 Å². The molecule has 6 heteroatoms. The van der Waals surface area contributed by atoms with E-state index in [9.17, 15) is 14.0 Å². The Bertz CT molecular complexity index is 743. The second-order valence-corrected chi connectivity index (χ2v) is 5.79. The molecule has 5 nitrogen and oxygen atoms in total. The summed E-state index contributed by atoms with van der Waals surface area (Å²) in [5, 5.41) is 2.82. The number of ether oxygens (including phenoxy) is 2. The SMILES string of the molecule is CCOC(=O)c1ccc(O[C@H](C)C(=O)N[C@H](C)c2ccc(F)cc2)cc1. The van der Waals surface area contributed by atoms with E-state index >= 15 is 0 Å². The molecule has 1 N–H and O–H groups in total. The first-order valence-electron chi connectivity index (χ1n) is 8.40. The van der Waals surface area contributed by atoms with Crippen LogP contribution in [-0.2, 0) is 9.53 Å². The summed E-state index contributed by atoms with van der Waals surface area (Å²) >= 11 is 0. The topological polar surface area (TPSA) is 64.6 Å². The van der Waals surface area contributed by atoms with Crippen LogP contribution in [0.1, 0.15) is 42.7 Å². The van der Waals surface area contributed by atoms with Gasteiger partial charge in [-0.1, -0.05) is 12.1 Å². The second kappa shape index (κ2) is 8.99. The van der Waals surface area contributed by atoms with Gasteiger partial charge in [-0.05, 0) is 62.7 Å². The smallest absolute Gasteiger partial charge is 0.338 e. The predicted molar refractivity (Wildman–Crippen MR) is 95.4 cm³/mol. The lowest BCUT2D eigenvalue weighted by Crippen LogP contribution is -2.37. The number of hydrogen-bond acceptors (Lipinski definition) is 4. The molecular formula is C20H22FNO4. The maximum atomic E-state index is 13.0. The van der Waals surface area contributed by atoms with Crippen molar-refractivity contribution < 1.29 is 23.5 Å². The molecule has 0 aliphatic carbocycles. The number of hydrogen-bond donors (Lipinski definition) is 1. The second-order valence-electron chi connectivity index (χ2n) is 5.79. The van der Waals surface area contributed by atoms with Crippen LogP contribution in [0.4, 0.5) is 4.39 Å². The average molecular weight is 359 g/mol. The van der Waals surface area contributed by atoms with Crippen LogP contribution in [0.2, 0.25) is 0 Å². The van der Waals surface area contributed by atoms with E-state index in [4.69, 9.17) is 9.47 Å². The first kappa shape index (κ1) is 19.4. The third kappa shape index (κ3) is 5.31. The van der Waals surface area contributed by atoms with Crippen molar-refractivity contribution in [3.8, 4) is 5.75 Å². The van der Waals surface area contributed by atoms with Gasteiger partial charge in [-0.3, -0.25) is 4.79 Å². The van der Waals surface area contributed by atoms with E-state index in [0.29, 0.717) is 17.9 Å². The number of amides is 1. The highest BCUT2D eigenvalue weighted by Gasteiger charge is 2.18. The standard InChI is InChI=1S/C20H22FNO4/c1-4-25-20(24)16-7-11-18(12-8-16)26-14(3)19(23)22-13(2)15-5-9-17(21)10-6-15/h5-14H,4H2,1-3H3,(H,22,23)/t13-,14-/m1/s1. The lowest BCUT2D eigenvalue weighted by molar-refractivity contribution is -0.127. The van der Waals surface area contributed by atoms with E-state index in [1.165, 1.54) is 12.1 Å². The molecule has 138 valence electrons. The number of carbonyl (C=O) groups is 2. The summed E-state index contributed by atoms with van der Waals surface area (Å²) in [7, 11) is 0. The molecule has 2 aromatic carbocycles. The van der Waals surface area contributed by atoms with Gasteiger partial charge >= 0.3 is 5.97 Å². The molecule has 0 aromatic heterocycles. The van der Waals surface area contributed by atoms with Crippen molar-refractivity contribution in [1.82, 2.24) is 5.32 Å². The van der Waals surface area contributed by atoms with Crippen LogP contribution in [0.15, 0.2) is 48.5 Å².